The topological polar surface area (TPSA) is 61.0 Å². The molecule has 3 heterocycles. The first-order valence-electron chi connectivity index (χ1n) is 10.7. The van der Waals surface area contributed by atoms with Crippen LogP contribution in [-0.4, -0.2) is 39.4 Å². The lowest BCUT2D eigenvalue weighted by molar-refractivity contribution is -0.132. The zero-order chi connectivity index (χ0) is 19.8. The number of hydrogen-bond donors (Lipinski definition) is 2. The minimum absolute atomic E-state index is 0.214. The molecule has 2 aliphatic rings. The molecule has 0 spiro atoms. The molecule has 2 N–H and O–H groups in total. The van der Waals surface area contributed by atoms with Crippen LogP contribution in [0.1, 0.15) is 37.6 Å². The first-order valence-corrected chi connectivity index (χ1v) is 10.7. The number of benzene rings is 2. The third-order valence-electron chi connectivity index (χ3n) is 6.80. The van der Waals surface area contributed by atoms with Crippen molar-refractivity contribution in [2.75, 3.05) is 6.54 Å². The van der Waals surface area contributed by atoms with E-state index in [-0.39, 0.29) is 17.4 Å². The van der Waals surface area contributed by atoms with Crippen LogP contribution in [0.4, 0.5) is 0 Å². The second-order valence-corrected chi connectivity index (χ2v) is 8.50. The fourth-order valence-electron chi connectivity index (χ4n) is 5.61. The van der Waals surface area contributed by atoms with Gasteiger partial charge in [0.2, 0.25) is 5.91 Å². The number of imidazole rings is 1. The van der Waals surface area contributed by atoms with E-state index in [0.29, 0.717) is 12.6 Å². The number of amides is 1. The second-order valence-electron chi connectivity index (χ2n) is 8.50. The van der Waals surface area contributed by atoms with Crippen LogP contribution in [0.15, 0.2) is 54.6 Å². The van der Waals surface area contributed by atoms with Gasteiger partial charge in [0.05, 0.1) is 23.0 Å². The van der Waals surface area contributed by atoms with E-state index in [1.807, 2.05) is 31.2 Å². The second kappa shape index (κ2) is 7.30. The number of aromatic nitrogens is 2. The predicted octanol–water partition coefficient (Wildman–Crippen LogP) is 3.66. The Kier molecular flexibility index (Phi) is 4.63. The monoisotopic (exact) mass is 388 g/mol. The van der Waals surface area contributed by atoms with Gasteiger partial charge in [-0.1, -0.05) is 42.5 Å². The van der Waals surface area contributed by atoms with Crippen molar-refractivity contribution in [1.82, 2.24) is 20.2 Å². The van der Waals surface area contributed by atoms with Crippen molar-refractivity contribution in [2.45, 2.75) is 51.2 Å². The van der Waals surface area contributed by atoms with Crippen molar-refractivity contribution in [3.05, 3.63) is 66.0 Å². The molecule has 1 amide bonds. The molecule has 2 saturated heterocycles. The lowest BCUT2D eigenvalue weighted by Crippen LogP contribution is -2.50. The lowest BCUT2D eigenvalue weighted by atomic mass is 9.69. The molecule has 0 saturated carbocycles. The number of nitrogens with zero attached hydrogens (tertiary/aromatic N) is 2. The Hall–Kier alpha value is -2.66. The summed E-state index contributed by atoms with van der Waals surface area (Å²) in [7, 11) is 0. The molecule has 1 aromatic heterocycles. The van der Waals surface area contributed by atoms with Crippen LogP contribution in [0, 0.1) is 5.41 Å². The van der Waals surface area contributed by atoms with E-state index in [1.54, 1.807) is 0 Å². The zero-order valence-corrected chi connectivity index (χ0v) is 16.9. The molecule has 0 unspecified atom stereocenters. The average molecular weight is 389 g/mol. The molecule has 0 radical (unpaired) electrons. The standard InChI is InChI=1S/C24H28N4O/c1-2-25-23(29)24(14-17-8-4-3-5-9-17)15-18-12-13-21(24)28(18)16-22-26-19-10-6-7-11-20(19)27-22/h3-11,18,21H,2,12-16H2,1H3,(H,25,29)(H,26,27)/t18-,21+,24+/m0/s1. The van der Waals surface area contributed by atoms with Gasteiger partial charge in [0.1, 0.15) is 5.82 Å². The van der Waals surface area contributed by atoms with Crippen molar-refractivity contribution < 1.29 is 4.79 Å². The van der Waals surface area contributed by atoms with Gasteiger partial charge in [0, 0.05) is 18.6 Å². The Bertz CT molecular complexity index is 981. The Morgan fingerprint density at radius 1 is 1.17 bits per heavy atom. The van der Waals surface area contributed by atoms with Gasteiger partial charge >= 0.3 is 0 Å². The number of H-pyrrole nitrogens is 1. The van der Waals surface area contributed by atoms with Crippen LogP contribution in [0.25, 0.3) is 11.0 Å². The molecule has 2 fully saturated rings. The average Bonchev–Trinajstić information content (AvgIpc) is 3.40. The quantitative estimate of drug-likeness (QED) is 0.677. The number of nitrogens with one attached hydrogen (secondary N) is 2. The van der Waals surface area contributed by atoms with E-state index in [0.717, 1.165) is 42.7 Å². The molecule has 5 rings (SSSR count). The molecule has 0 aliphatic carbocycles. The summed E-state index contributed by atoms with van der Waals surface area (Å²) in [4.78, 5) is 24.1. The Morgan fingerprint density at radius 2 is 1.97 bits per heavy atom. The summed E-state index contributed by atoms with van der Waals surface area (Å²) in [6.07, 6.45) is 3.98. The molecular formula is C24H28N4O. The largest absolute Gasteiger partial charge is 0.356 e. The molecule has 5 nitrogen and oxygen atoms in total. The maximum absolute atomic E-state index is 13.3. The van der Waals surface area contributed by atoms with Gasteiger partial charge in [-0.15, -0.1) is 0 Å². The highest BCUT2D eigenvalue weighted by atomic mass is 16.2. The Labute approximate surface area is 171 Å². The summed E-state index contributed by atoms with van der Waals surface area (Å²) in [5.41, 5.74) is 2.98. The van der Waals surface area contributed by atoms with E-state index in [9.17, 15) is 4.79 Å². The van der Waals surface area contributed by atoms with Gasteiger partial charge in [0.15, 0.2) is 0 Å². The molecule has 150 valence electrons. The normalized spacial score (nSPS) is 26.2. The summed E-state index contributed by atoms with van der Waals surface area (Å²) >= 11 is 0. The van der Waals surface area contributed by atoms with Crippen LogP contribution in [-0.2, 0) is 17.8 Å². The maximum atomic E-state index is 13.3. The van der Waals surface area contributed by atoms with Crippen LogP contribution < -0.4 is 5.32 Å². The number of aromatic amines is 1. The van der Waals surface area contributed by atoms with Gasteiger partial charge < -0.3 is 10.3 Å². The highest BCUT2D eigenvalue weighted by Crippen LogP contribution is 2.52. The lowest BCUT2D eigenvalue weighted by Gasteiger charge is -2.36. The summed E-state index contributed by atoms with van der Waals surface area (Å²) in [6, 6.07) is 19.3. The number of fused-ring (bicyclic) bond motifs is 3. The summed E-state index contributed by atoms with van der Waals surface area (Å²) in [6.45, 7) is 3.46. The minimum Gasteiger partial charge on any atom is -0.356 e. The third kappa shape index (κ3) is 3.14. The van der Waals surface area contributed by atoms with Crippen molar-refractivity contribution >= 4 is 16.9 Å². The summed E-state index contributed by atoms with van der Waals surface area (Å²) < 4.78 is 0. The van der Waals surface area contributed by atoms with Crippen molar-refractivity contribution in [2.24, 2.45) is 5.41 Å². The Balaban J connectivity index is 1.45. The van der Waals surface area contributed by atoms with Crippen LogP contribution in [0.3, 0.4) is 0 Å². The molecule has 2 aliphatic heterocycles. The number of rotatable bonds is 6. The van der Waals surface area contributed by atoms with Gasteiger partial charge in [-0.05, 0) is 50.3 Å². The van der Waals surface area contributed by atoms with Gasteiger partial charge in [-0.25, -0.2) is 4.98 Å². The van der Waals surface area contributed by atoms with E-state index < -0.39 is 0 Å². The number of para-hydroxylation sites is 2. The maximum Gasteiger partial charge on any atom is 0.228 e. The highest BCUT2D eigenvalue weighted by Gasteiger charge is 2.59. The number of hydrogen-bond acceptors (Lipinski definition) is 3. The SMILES string of the molecule is CCNC(=O)[C@]1(Cc2ccccc2)C[C@@H]2CC[C@H]1N2Cc1nc2ccccc2[nH]1. The van der Waals surface area contributed by atoms with E-state index in [4.69, 9.17) is 4.98 Å². The number of carbonyl (C=O) groups excluding carboxylic acids is 1. The molecule has 29 heavy (non-hydrogen) atoms. The van der Waals surface area contributed by atoms with E-state index in [1.165, 1.54) is 12.0 Å². The first kappa shape index (κ1) is 18.4. The van der Waals surface area contributed by atoms with Crippen LogP contribution in [0.5, 0.6) is 0 Å². The van der Waals surface area contributed by atoms with Crippen molar-refractivity contribution in [1.29, 1.82) is 0 Å². The van der Waals surface area contributed by atoms with Gasteiger partial charge in [0.25, 0.3) is 0 Å². The predicted molar refractivity (Wildman–Crippen MR) is 114 cm³/mol. The first-order chi connectivity index (χ1) is 14.2. The fraction of sp³-hybridized carbons (Fsp3) is 0.417. The van der Waals surface area contributed by atoms with Crippen LogP contribution >= 0.6 is 0 Å². The molecule has 3 aromatic rings. The zero-order valence-electron chi connectivity index (χ0n) is 16.9. The number of carbonyl (C=O) groups is 1. The highest BCUT2D eigenvalue weighted by molar-refractivity contribution is 5.84. The summed E-state index contributed by atoms with van der Waals surface area (Å²) in [5, 5.41) is 3.15. The fourth-order valence-corrected chi connectivity index (χ4v) is 5.61. The van der Waals surface area contributed by atoms with Crippen LogP contribution in [0.2, 0.25) is 0 Å². The smallest absolute Gasteiger partial charge is 0.228 e. The molecule has 2 bridgehead atoms. The van der Waals surface area contributed by atoms with Crippen molar-refractivity contribution in [3.63, 3.8) is 0 Å². The molecular weight excluding hydrogens is 360 g/mol. The van der Waals surface area contributed by atoms with Crippen molar-refractivity contribution in [3.8, 4) is 0 Å². The Morgan fingerprint density at radius 3 is 2.76 bits per heavy atom. The van der Waals surface area contributed by atoms with E-state index in [2.05, 4.69) is 45.5 Å². The molecule has 2 aromatic carbocycles. The minimum atomic E-state index is -0.355. The third-order valence-corrected chi connectivity index (χ3v) is 6.80. The molecule has 5 heteroatoms. The summed E-state index contributed by atoms with van der Waals surface area (Å²) in [5.74, 6) is 1.21. The van der Waals surface area contributed by atoms with Gasteiger partial charge in [-0.2, -0.15) is 0 Å². The van der Waals surface area contributed by atoms with Gasteiger partial charge in [-0.3, -0.25) is 9.69 Å². The van der Waals surface area contributed by atoms with E-state index >= 15 is 0 Å². The molecule has 3 atom stereocenters.